The fourth-order valence-corrected chi connectivity index (χ4v) is 2.50. The quantitative estimate of drug-likeness (QED) is 0.441. The van der Waals surface area contributed by atoms with Crippen LogP contribution in [0.5, 0.6) is 11.5 Å². The fraction of sp³-hybridized carbons (Fsp3) is 0.190. The highest BCUT2D eigenvalue weighted by atomic mass is 16.5. The van der Waals surface area contributed by atoms with Gasteiger partial charge in [-0.2, -0.15) is 5.26 Å². The number of hydrogen-bond acceptors (Lipinski definition) is 6. The molecule has 150 valence electrons. The van der Waals surface area contributed by atoms with Gasteiger partial charge in [-0.15, -0.1) is 0 Å². The van der Waals surface area contributed by atoms with Crippen LogP contribution in [0.15, 0.2) is 54.2 Å². The van der Waals surface area contributed by atoms with Crippen LogP contribution in [0.1, 0.15) is 15.9 Å². The number of nitriles is 1. The average molecular weight is 395 g/mol. The molecule has 0 saturated heterocycles. The first-order valence-corrected chi connectivity index (χ1v) is 8.67. The summed E-state index contributed by atoms with van der Waals surface area (Å²) in [6.07, 6.45) is 1.78. The lowest BCUT2D eigenvalue weighted by atomic mass is 10.1. The molecule has 0 heterocycles. The van der Waals surface area contributed by atoms with Crippen LogP contribution < -0.4 is 20.1 Å². The van der Waals surface area contributed by atoms with E-state index in [1.807, 2.05) is 18.2 Å². The van der Waals surface area contributed by atoms with Crippen molar-refractivity contribution in [3.63, 3.8) is 0 Å². The van der Waals surface area contributed by atoms with E-state index in [1.54, 1.807) is 32.4 Å². The summed E-state index contributed by atoms with van der Waals surface area (Å²) in [6, 6.07) is 13.3. The molecule has 2 aromatic carbocycles. The van der Waals surface area contributed by atoms with E-state index in [2.05, 4.69) is 10.6 Å². The van der Waals surface area contributed by atoms with Crippen molar-refractivity contribution in [3.05, 3.63) is 65.4 Å². The molecule has 0 aliphatic rings. The van der Waals surface area contributed by atoms with Crippen LogP contribution in [-0.2, 0) is 11.2 Å². The molecule has 0 bridgehead atoms. The lowest BCUT2D eigenvalue weighted by molar-refractivity contribution is -0.117. The average Bonchev–Trinajstić information content (AvgIpc) is 2.74. The first-order valence-electron chi connectivity index (χ1n) is 8.67. The largest absolute Gasteiger partial charge is 0.493 e. The summed E-state index contributed by atoms with van der Waals surface area (Å²) >= 11 is 0. The van der Waals surface area contributed by atoms with E-state index < -0.39 is 11.9 Å². The third kappa shape index (κ3) is 6.01. The molecule has 0 saturated carbocycles. The van der Waals surface area contributed by atoms with Gasteiger partial charge in [0.25, 0.3) is 5.91 Å². The SMILES string of the molecule is COc1ccc(CCNC(=O)/C(C#N)=C\Nc2cccc(C(=O)O)c2)cc1OC. The Morgan fingerprint density at radius 2 is 1.90 bits per heavy atom. The van der Waals surface area contributed by atoms with E-state index in [1.165, 1.54) is 18.3 Å². The van der Waals surface area contributed by atoms with Gasteiger partial charge in [0, 0.05) is 18.4 Å². The summed E-state index contributed by atoms with van der Waals surface area (Å²) in [5.74, 6) is -0.379. The first kappa shape index (κ1) is 21.3. The second kappa shape index (κ2) is 10.4. The van der Waals surface area contributed by atoms with Crippen LogP contribution >= 0.6 is 0 Å². The summed E-state index contributed by atoms with van der Waals surface area (Å²) in [7, 11) is 3.10. The number of carboxylic acid groups (broad SMARTS) is 1. The second-order valence-corrected chi connectivity index (χ2v) is 5.90. The molecule has 2 aromatic rings. The number of carbonyl (C=O) groups is 2. The molecule has 8 heteroatoms. The lowest BCUT2D eigenvalue weighted by Gasteiger charge is -2.10. The number of methoxy groups -OCH3 is 2. The Labute approximate surface area is 168 Å². The molecule has 0 aromatic heterocycles. The summed E-state index contributed by atoms with van der Waals surface area (Å²) in [5, 5.41) is 23.7. The van der Waals surface area contributed by atoms with Crippen molar-refractivity contribution in [3.8, 4) is 17.6 Å². The van der Waals surface area contributed by atoms with Gasteiger partial charge in [0.15, 0.2) is 11.5 Å². The number of nitrogens with one attached hydrogen (secondary N) is 2. The smallest absolute Gasteiger partial charge is 0.335 e. The van der Waals surface area contributed by atoms with Crippen molar-refractivity contribution in [2.24, 2.45) is 0 Å². The Kier molecular flexibility index (Phi) is 7.62. The number of anilines is 1. The van der Waals surface area contributed by atoms with Crippen molar-refractivity contribution in [2.45, 2.75) is 6.42 Å². The van der Waals surface area contributed by atoms with Gasteiger partial charge in [-0.3, -0.25) is 4.79 Å². The van der Waals surface area contributed by atoms with E-state index >= 15 is 0 Å². The van der Waals surface area contributed by atoms with Crippen molar-refractivity contribution < 1.29 is 24.2 Å². The predicted molar refractivity (Wildman–Crippen MR) is 107 cm³/mol. The van der Waals surface area contributed by atoms with Crippen LogP contribution in [-0.4, -0.2) is 37.7 Å². The molecule has 0 spiro atoms. The number of ether oxygens (including phenoxy) is 2. The third-order valence-corrected chi connectivity index (χ3v) is 4.00. The molecule has 2 rings (SSSR count). The monoisotopic (exact) mass is 395 g/mol. The number of carbonyl (C=O) groups excluding carboxylic acids is 1. The Hall–Kier alpha value is -3.99. The molecule has 29 heavy (non-hydrogen) atoms. The maximum atomic E-state index is 12.2. The van der Waals surface area contributed by atoms with Gasteiger partial charge in [0.05, 0.1) is 19.8 Å². The van der Waals surface area contributed by atoms with E-state index in [0.29, 0.717) is 30.2 Å². The third-order valence-electron chi connectivity index (χ3n) is 4.00. The van der Waals surface area contributed by atoms with Gasteiger partial charge >= 0.3 is 5.97 Å². The summed E-state index contributed by atoms with van der Waals surface area (Å²) < 4.78 is 10.4. The minimum absolute atomic E-state index is 0.0984. The number of nitrogens with zero attached hydrogens (tertiary/aromatic N) is 1. The van der Waals surface area contributed by atoms with Gasteiger partial charge in [0.2, 0.25) is 0 Å². The molecular formula is C21H21N3O5. The van der Waals surface area contributed by atoms with E-state index in [9.17, 15) is 14.9 Å². The van der Waals surface area contributed by atoms with Crippen molar-refractivity contribution in [1.82, 2.24) is 5.32 Å². The maximum absolute atomic E-state index is 12.2. The van der Waals surface area contributed by atoms with Gasteiger partial charge in [0.1, 0.15) is 11.6 Å². The van der Waals surface area contributed by atoms with Gasteiger partial charge in [-0.1, -0.05) is 12.1 Å². The number of carboxylic acids is 1. The maximum Gasteiger partial charge on any atom is 0.335 e. The topological polar surface area (TPSA) is 121 Å². The zero-order valence-corrected chi connectivity index (χ0v) is 16.1. The van der Waals surface area contributed by atoms with Crippen LogP contribution in [0, 0.1) is 11.3 Å². The Morgan fingerprint density at radius 3 is 2.55 bits per heavy atom. The molecule has 3 N–H and O–H groups in total. The number of hydrogen-bond donors (Lipinski definition) is 3. The van der Waals surface area contributed by atoms with Crippen LogP contribution in [0.3, 0.4) is 0 Å². The molecule has 0 unspecified atom stereocenters. The van der Waals surface area contributed by atoms with E-state index in [0.717, 1.165) is 5.56 Å². The zero-order chi connectivity index (χ0) is 21.2. The number of benzene rings is 2. The Balaban J connectivity index is 1.94. The molecule has 0 fully saturated rings. The molecule has 8 nitrogen and oxygen atoms in total. The Morgan fingerprint density at radius 1 is 1.14 bits per heavy atom. The minimum atomic E-state index is -1.06. The summed E-state index contributed by atoms with van der Waals surface area (Å²) in [6.45, 7) is 0.321. The normalized spacial score (nSPS) is 10.6. The number of rotatable bonds is 9. The highest BCUT2D eigenvalue weighted by Gasteiger charge is 2.10. The van der Waals surface area contributed by atoms with E-state index in [-0.39, 0.29) is 11.1 Å². The highest BCUT2D eigenvalue weighted by Crippen LogP contribution is 2.27. The van der Waals surface area contributed by atoms with Gasteiger partial charge in [-0.25, -0.2) is 4.79 Å². The highest BCUT2D eigenvalue weighted by molar-refractivity contribution is 5.97. The Bertz CT molecular complexity index is 963. The lowest BCUT2D eigenvalue weighted by Crippen LogP contribution is -2.27. The van der Waals surface area contributed by atoms with Crippen molar-refractivity contribution >= 4 is 17.6 Å². The number of aromatic carboxylic acids is 1. The van der Waals surface area contributed by atoms with Gasteiger partial charge in [-0.05, 0) is 42.3 Å². The van der Waals surface area contributed by atoms with E-state index in [4.69, 9.17) is 14.6 Å². The first-order chi connectivity index (χ1) is 14.0. The predicted octanol–water partition coefficient (Wildman–Crippen LogP) is 2.58. The number of amides is 1. The fourth-order valence-electron chi connectivity index (χ4n) is 2.50. The molecule has 0 aliphatic heterocycles. The molecule has 0 aliphatic carbocycles. The van der Waals surface area contributed by atoms with Crippen LogP contribution in [0.4, 0.5) is 5.69 Å². The van der Waals surface area contributed by atoms with Crippen LogP contribution in [0.2, 0.25) is 0 Å². The molecule has 1 amide bonds. The second-order valence-electron chi connectivity index (χ2n) is 5.90. The summed E-state index contributed by atoms with van der Waals surface area (Å²) in [5.41, 5.74) is 1.36. The molecule has 0 radical (unpaired) electrons. The zero-order valence-electron chi connectivity index (χ0n) is 16.1. The molecule has 0 atom stereocenters. The van der Waals surface area contributed by atoms with Crippen molar-refractivity contribution in [2.75, 3.05) is 26.1 Å². The van der Waals surface area contributed by atoms with Crippen LogP contribution in [0.25, 0.3) is 0 Å². The minimum Gasteiger partial charge on any atom is -0.493 e. The molecular weight excluding hydrogens is 374 g/mol. The summed E-state index contributed by atoms with van der Waals surface area (Å²) in [4.78, 5) is 23.2. The van der Waals surface area contributed by atoms with Crippen molar-refractivity contribution in [1.29, 1.82) is 5.26 Å². The standard InChI is InChI=1S/C21H21N3O5/c1-28-18-7-6-14(10-19(18)29-2)8-9-23-20(25)16(12-22)13-24-17-5-3-4-15(11-17)21(26)27/h3-7,10-11,13,24H,8-9H2,1-2H3,(H,23,25)(H,26,27)/b16-13-. The van der Waals surface area contributed by atoms with Gasteiger partial charge < -0.3 is 25.2 Å².